The highest BCUT2D eigenvalue weighted by molar-refractivity contribution is 7.89. The van der Waals surface area contributed by atoms with Crippen molar-refractivity contribution in [2.45, 2.75) is 44.6 Å². The maximum Gasteiger partial charge on any atom is 0.243 e. The first kappa shape index (κ1) is 16.7. The van der Waals surface area contributed by atoms with Gasteiger partial charge in [0, 0.05) is 18.1 Å². The van der Waals surface area contributed by atoms with Crippen LogP contribution in [0.5, 0.6) is 0 Å². The predicted molar refractivity (Wildman–Crippen MR) is 83.8 cm³/mol. The van der Waals surface area contributed by atoms with E-state index in [1.165, 1.54) is 12.1 Å². The average Bonchev–Trinajstić information content (AvgIpc) is 2.93. The quantitative estimate of drug-likeness (QED) is 0.902. The zero-order chi connectivity index (χ0) is 15.7. The number of aliphatic hydroxyl groups excluding tert-OH is 1. The molecule has 1 aromatic rings. The van der Waals surface area contributed by atoms with E-state index in [1.54, 1.807) is 10.4 Å². The number of nitrogens with zero attached hydrogens (tertiary/aromatic N) is 1. The minimum absolute atomic E-state index is 0.0991. The zero-order valence-electron chi connectivity index (χ0n) is 12.5. The SMILES string of the molecule is CCC1(CC)CCN(S(=O)(=O)c2ccc(CO)c(Cl)c2)C1. The summed E-state index contributed by atoms with van der Waals surface area (Å²) in [4.78, 5) is 0.202. The fourth-order valence-corrected chi connectivity index (χ4v) is 4.78. The molecule has 1 aromatic carbocycles. The summed E-state index contributed by atoms with van der Waals surface area (Å²) in [5, 5.41) is 9.40. The summed E-state index contributed by atoms with van der Waals surface area (Å²) in [6, 6.07) is 4.52. The molecule has 2 rings (SSSR count). The first-order valence-electron chi connectivity index (χ1n) is 7.28. The summed E-state index contributed by atoms with van der Waals surface area (Å²) in [7, 11) is -3.51. The van der Waals surface area contributed by atoms with E-state index in [9.17, 15) is 8.42 Å². The van der Waals surface area contributed by atoms with Crippen molar-refractivity contribution in [2.24, 2.45) is 5.41 Å². The summed E-state index contributed by atoms with van der Waals surface area (Å²) in [6.45, 7) is 5.17. The fourth-order valence-electron chi connectivity index (χ4n) is 2.89. The molecule has 0 radical (unpaired) electrons. The number of halogens is 1. The third kappa shape index (κ3) is 3.11. The molecule has 0 aromatic heterocycles. The van der Waals surface area contributed by atoms with Crippen LogP contribution in [-0.4, -0.2) is 30.9 Å². The van der Waals surface area contributed by atoms with Gasteiger partial charge in [0.05, 0.1) is 11.5 Å². The lowest BCUT2D eigenvalue weighted by molar-refractivity contribution is 0.279. The van der Waals surface area contributed by atoms with Gasteiger partial charge < -0.3 is 5.11 Å². The van der Waals surface area contributed by atoms with Gasteiger partial charge in [-0.05, 0) is 42.4 Å². The Bertz CT molecular complexity index is 611. The van der Waals surface area contributed by atoms with Gasteiger partial charge in [0.2, 0.25) is 10.0 Å². The van der Waals surface area contributed by atoms with Crippen LogP contribution < -0.4 is 0 Å². The Kier molecular flexibility index (Phi) is 4.98. The van der Waals surface area contributed by atoms with Crippen molar-refractivity contribution in [3.05, 3.63) is 28.8 Å². The van der Waals surface area contributed by atoms with E-state index >= 15 is 0 Å². The Morgan fingerprint density at radius 2 is 2.00 bits per heavy atom. The van der Waals surface area contributed by atoms with Gasteiger partial charge >= 0.3 is 0 Å². The van der Waals surface area contributed by atoms with E-state index in [2.05, 4.69) is 13.8 Å². The summed E-state index contributed by atoms with van der Waals surface area (Å²) < 4.78 is 27.0. The van der Waals surface area contributed by atoms with E-state index < -0.39 is 10.0 Å². The molecular formula is C15H22ClNO3S. The first-order valence-corrected chi connectivity index (χ1v) is 9.10. The van der Waals surface area contributed by atoms with Crippen LogP contribution in [0.15, 0.2) is 23.1 Å². The van der Waals surface area contributed by atoms with Crippen molar-refractivity contribution in [1.29, 1.82) is 0 Å². The van der Waals surface area contributed by atoms with E-state index in [4.69, 9.17) is 16.7 Å². The van der Waals surface area contributed by atoms with Crippen molar-refractivity contribution in [1.82, 2.24) is 4.31 Å². The molecule has 0 unspecified atom stereocenters. The molecule has 1 saturated heterocycles. The number of hydrogen-bond donors (Lipinski definition) is 1. The molecule has 118 valence electrons. The Balaban J connectivity index is 2.29. The summed E-state index contributed by atoms with van der Waals surface area (Å²) >= 11 is 6.01. The van der Waals surface area contributed by atoms with Gasteiger partial charge in [-0.2, -0.15) is 4.31 Å². The third-order valence-electron chi connectivity index (χ3n) is 4.74. The monoisotopic (exact) mass is 331 g/mol. The lowest BCUT2D eigenvalue weighted by atomic mass is 9.82. The van der Waals surface area contributed by atoms with Crippen LogP contribution in [0.3, 0.4) is 0 Å². The average molecular weight is 332 g/mol. The normalized spacial score (nSPS) is 19.0. The summed E-state index contributed by atoms with van der Waals surface area (Å²) in [6.07, 6.45) is 2.88. The maximum absolute atomic E-state index is 12.7. The van der Waals surface area contributed by atoms with Gasteiger partial charge in [0.15, 0.2) is 0 Å². The Morgan fingerprint density at radius 1 is 1.33 bits per heavy atom. The number of aliphatic hydroxyl groups is 1. The Morgan fingerprint density at radius 3 is 2.48 bits per heavy atom. The molecule has 0 spiro atoms. The molecule has 0 aliphatic carbocycles. The van der Waals surface area contributed by atoms with Crippen molar-refractivity contribution in [3.8, 4) is 0 Å². The molecule has 1 fully saturated rings. The van der Waals surface area contributed by atoms with Gasteiger partial charge in [0.25, 0.3) is 0 Å². The van der Waals surface area contributed by atoms with Crippen LogP contribution in [-0.2, 0) is 16.6 Å². The van der Waals surface area contributed by atoms with E-state index in [1.807, 2.05) is 0 Å². The third-order valence-corrected chi connectivity index (χ3v) is 6.93. The van der Waals surface area contributed by atoms with E-state index in [0.717, 1.165) is 19.3 Å². The largest absolute Gasteiger partial charge is 0.392 e. The van der Waals surface area contributed by atoms with Crippen LogP contribution in [0.4, 0.5) is 0 Å². The Labute approximate surface area is 131 Å². The highest BCUT2D eigenvalue weighted by atomic mass is 35.5. The topological polar surface area (TPSA) is 57.6 Å². The van der Waals surface area contributed by atoms with Crippen LogP contribution in [0.1, 0.15) is 38.7 Å². The van der Waals surface area contributed by atoms with Crippen LogP contribution >= 0.6 is 11.6 Å². The lowest BCUT2D eigenvalue weighted by Gasteiger charge is -2.26. The smallest absolute Gasteiger partial charge is 0.243 e. The molecule has 1 heterocycles. The minimum Gasteiger partial charge on any atom is -0.392 e. The van der Waals surface area contributed by atoms with Crippen molar-refractivity contribution < 1.29 is 13.5 Å². The molecule has 21 heavy (non-hydrogen) atoms. The molecule has 6 heteroatoms. The second-order valence-corrected chi connectivity index (χ2v) is 8.05. The highest BCUT2D eigenvalue weighted by Gasteiger charge is 2.40. The molecule has 1 aliphatic heterocycles. The summed E-state index contributed by atoms with van der Waals surface area (Å²) in [5.74, 6) is 0. The van der Waals surface area contributed by atoms with Crippen LogP contribution in [0.2, 0.25) is 5.02 Å². The number of rotatable bonds is 5. The van der Waals surface area contributed by atoms with E-state index in [0.29, 0.717) is 18.7 Å². The molecular weight excluding hydrogens is 310 g/mol. The van der Waals surface area contributed by atoms with Crippen LogP contribution in [0.25, 0.3) is 0 Å². The van der Waals surface area contributed by atoms with Gasteiger partial charge in [-0.25, -0.2) is 8.42 Å². The van der Waals surface area contributed by atoms with Crippen LogP contribution in [0, 0.1) is 5.41 Å². The Hall–Kier alpha value is -0.620. The number of hydrogen-bond acceptors (Lipinski definition) is 3. The fraction of sp³-hybridized carbons (Fsp3) is 0.600. The van der Waals surface area contributed by atoms with Crippen molar-refractivity contribution in [2.75, 3.05) is 13.1 Å². The first-order chi connectivity index (χ1) is 9.88. The number of sulfonamides is 1. The summed E-state index contributed by atoms with van der Waals surface area (Å²) in [5.41, 5.74) is 0.635. The van der Waals surface area contributed by atoms with Gasteiger partial charge in [-0.1, -0.05) is 31.5 Å². The molecule has 4 nitrogen and oxygen atoms in total. The molecule has 0 saturated carbocycles. The van der Waals surface area contributed by atoms with Gasteiger partial charge in [0.1, 0.15) is 0 Å². The number of benzene rings is 1. The van der Waals surface area contributed by atoms with Crippen molar-refractivity contribution in [3.63, 3.8) is 0 Å². The van der Waals surface area contributed by atoms with Crippen molar-refractivity contribution >= 4 is 21.6 Å². The second kappa shape index (κ2) is 6.24. The van der Waals surface area contributed by atoms with Gasteiger partial charge in [-0.3, -0.25) is 0 Å². The zero-order valence-corrected chi connectivity index (χ0v) is 14.0. The molecule has 0 bridgehead atoms. The van der Waals surface area contributed by atoms with Gasteiger partial charge in [-0.15, -0.1) is 0 Å². The maximum atomic E-state index is 12.7. The highest BCUT2D eigenvalue weighted by Crippen LogP contribution is 2.39. The molecule has 1 aliphatic rings. The molecule has 0 amide bonds. The minimum atomic E-state index is -3.51. The molecule has 0 atom stereocenters. The predicted octanol–water partition coefficient (Wildman–Crippen LogP) is 3.03. The molecule has 1 N–H and O–H groups in total. The van der Waals surface area contributed by atoms with E-state index in [-0.39, 0.29) is 21.9 Å². The lowest BCUT2D eigenvalue weighted by Crippen LogP contribution is -2.31. The standard InChI is InChI=1S/C15H22ClNO3S/c1-3-15(4-2)7-8-17(11-15)21(19,20)13-6-5-12(10-18)14(16)9-13/h5-6,9,18H,3-4,7-8,10-11H2,1-2H3. The second-order valence-electron chi connectivity index (χ2n) is 5.71.